The van der Waals surface area contributed by atoms with Gasteiger partial charge in [-0.3, -0.25) is 0 Å². The van der Waals surface area contributed by atoms with Crippen LogP contribution in [0.2, 0.25) is 5.71 Å². The maximum absolute atomic E-state index is 5.29. The predicted molar refractivity (Wildman–Crippen MR) is 36.1 cm³/mol. The summed E-state index contributed by atoms with van der Waals surface area (Å²) >= 11 is 0.0503. The number of rotatable bonds is 1. The van der Waals surface area contributed by atoms with E-state index in [1.807, 2.05) is 13.0 Å². The van der Waals surface area contributed by atoms with Crippen LogP contribution >= 0.6 is 0 Å². The van der Waals surface area contributed by atoms with E-state index in [1.165, 1.54) is 4.55 Å². The van der Waals surface area contributed by atoms with Crippen molar-refractivity contribution >= 4 is 20.3 Å². The molecule has 0 saturated carbocycles. The second-order valence-corrected chi connectivity index (χ2v) is 3.74. The first-order valence-corrected chi connectivity index (χ1v) is 5.72. The van der Waals surface area contributed by atoms with Crippen molar-refractivity contribution in [2.45, 2.75) is 12.6 Å². The SMILES string of the molecule is C[AsH]c1ccc(C)o1. The molecule has 0 aliphatic heterocycles. The van der Waals surface area contributed by atoms with Crippen LogP contribution in [0.25, 0.3) is 0 Å². The Bertz CT molecular complexity index is 169. The fraction of sp³-hybridized carbons (Fsp3) is 0.333. The zero-order valence-corrected chi connectivity index (χ0v) is 7.16. The van der Waals surface area contributed by atoms with Gasteiger partial charge in [-0.15, -0.1) is 0 Å². The monoisotopic (exact) mass is 172 g/mol. The fourth-order valence-electron chi connectivity index (χ4n) is 0.569. The Balaban J connectivity index is 2.84. The summed E-state index contributed by atoms with van der Waals surface area (Å²) in [6.07, 6.45) is 0. The molecule has 0 radical (unpaired) electrons. The molecule has 0 spiro atoms. The summed E-state index contributed by atoms with van der Waals surface area (Å²) in [6, 6.07) is 4.08. The number of hydrogen-bond acceptors (Lipinski definition) is 1. The molecule has 1 aromatic heterocycles. The molecule has 0 aromatic carbocycles. The van der Waals surface area contributed by atoms with E-state index in [0.717, 1.165) is 5.76 Å². The van der Waals surface area contributed by atoms with Crippen molar-refractivity contribution in [2.24, 2.45) is 0 Å². The van der Waals surface area contributed by atoms with Crippen LogP contribution in [0.4, 0.5) is 0 Å². The molecule has 1 rings (SSSR count). The zero-order valence-electron chi connectivity index (χ0n) is 5.06. The molecule has 1 aromatic rings. The van der Waals surface area contributed by atoms with Crippen molar-refractivity contribution in [1.29, 1.82) is 0 Å². The van der Waals surface area contributed by atoms with Gasteiger partial charge in [0.1, 0.15) is 0 Å². The third-order valence-electron chi connectivity index (χ3n) is 0.987. The number of aryl methyl sites for hydroxylation is 1. The Morgan fingerprint density at radius 3 is 2.50 bits per heavy atom. The van der Waals surface area contributed by atoms with Crippen LogP contribution in [-0.4, -0.2) is 15.8 Å². The molecule has 0 bridgehead atoms. The number of hydrogen-bond donors (Lipinski definition) is 0. The Hall–Kier alpha value is -0.162. The minimum atomic E-state index is 0.0503. The van der Waals surface area contributed by atoms with Crippen LogP contribution in [0, 0.1) is 6.92 Å². The molecule has 1 nitrogen and oxygen atoms in total. The summed E-state index contributed by atoms with van der Waals surface area (Å²) < 4.78 is 6.48. The third kappa shape index (κ3) is 1.16. The van der Waals surface area contributed by atoms with Crippen LogP contribution < -0.4 is 4.55 Å². The average molecular weight is 172 g/mol. The Morgan fingerprint density at radius 2 is 2.25 bits per heavy atom. The van der Waals surface area contributed by atoms with E-state index in [9.17, 15) is 0 Å². The molecule has 0 N–H and O–H groups in total. The standard InChI is InChI=1S/C6H9AsO/c1-5-3-4-6(7-2)8-5/h3-4,7H,1-2H3. The van der Waals surface area contributed by atoms with Gasteiger partial charge in [-0.25, -0.2) is 0 Å². The molecule has 1 atom stereocenters. The molecule has 0 saturated heterocycles. The second-order valence-electron chi connectivity index (χ2n) is 1.66. The Morgan fingerprint density at radius 1 is 1.50 bits per heavy atom. The molecular formula is C6H9AsO. The normalized spacial score (nSPS) is 11.2. The van der Waals surface area contributed by atoms with Gasteiger partial charge in [0, 0.05) is 0 Å². The zero-order chi connectivity index (χ0) is 5.98. The van der Waals surface area contributed by atoms with E-state index in [1.54, 1.807) is 0 Å². The summed E-state index contributed by atoms with van der Waals surface area (Å²) in [5, 5.41) is 0. The minimum absolute atomic E-state index is 0.0503. The Kier molecular flexibility index (Phi) is 1.80. The molecule has 44 valence electrons. The Labute approximate surface area is 55.8 Å². The van der Waals surface area contributed by atoms with Gasteiger partial charge in [0.25, 0.3) is 0 Å². The molecule has 1 unspecified atom stereocenters. The van der Waals surface area contributed by atoms with Gasteiger partial charge < -0.3 is 0 Å². The van der Waals surface area contributed by atoms with Crippen LogP contribution in [0.5, 0.6) is 0 Å². The molecule has 0 fully saturated rings. The fourth-order valence-corrected chi connectivity index (χ4v) is 1.65. The van der Waals surface area contributed by atoms with Gasteiger partial charge in [-0.1, -0.05) is 0 Å². The summed E-state index contributed by atoms with van der Waals surface area (Å²) in [5.41, 5.74) is 2.21. The summed E-state index contributed by atoms with van der Waals surface area (Å²) in [6.45, 7) is 1.98. The predicted octanol–water partition coefficient (Wildman–Crippen LogP) is 0.698. The first-order valence-electron chi connectivity index (χ1n) is 2.57. The second kappa shape index (κ2) is 2.41. The van der Waals surface area contributed by atoms with Gasteiger partial charge in [0.15, 0.2) is 0 Å². The van der Waals surface area contributed by atoms with E-state index < -0.39 is 0 Å². The van der Waals surface area contributed by atoms with E-state index in [2.05, 4.69) is 11.8 Å². The first kappa shape index (κ1) is 5.97. The quantitative estimate of drug-likeness (QED) is 0.568. The topological polar surface area (TPSA) is 13.1 Å². The molecule has 0 aliphatic rings. The van der Waals surface area contributed by atoms with E-state index in [-0.39, 0.29) is 15.8 Å². The van der Waals surface area contributed by atoms with Crippen molar-refractivity contribution < 1.29 is 4.42 Å². The molecular weight excluding hydrogens is 163 g/mol. The van der Waals surface area contributed by atoms with Gasteiger partial charge in [-0.05, 0) is 0 Å². The third-order valence-corrected chi connectivity index (χ3v) is 2.58. The van der Waals surface area contributed by atoms with Gasteiger partial charge in [0.05, 0.1) is 0 Å². The average Bonchev–Trinajstić information content (AvgIpc) is 2.14. The van der Waals surface area contributed by atoms with Gasteiger partial charge in [-0.2, -0.15) is 0 Å². The van der Waals surface area contributed by atoms with Crippen molar-refractivity contribution in [3.8, 4) is 0 Å². The first-order chi connectivity index (χ1) is 3.83. The molecule has 0 amide bonds. The van der Waals surface area contributed by atoms with Crippen molar-refractivity contribution in [2.75, 3.05) is 0 Å². The van der Waals surface area contributed by atoms with Crippen LogP contribution in [0.1, 0.15) is 5.76 Å². The molecule has 0 aliphatic carbocycles. The van der Waals surface area contributed by atoms with Crippen LogP contribution in [0.15, 0.2) is 16.5 Å². The maximum atomic E-state index is 5.29. The summed E-state index contributed by atoms with van der Waals surface area (Å²) in [4.78, 5) is 0. The summed E-state index contributed by atoms with van der Waals surface area (Å²) in [5.74, 6) is 1.03. The number of furan rings is 1. The van der Waals surface area contributed by atoms with Gasteiger partial charge in [0.2, 0.25) is 0 Å². The van der Waals surface area contributed by atoms with Crippen molar-refractivity contribution in [1.82, 2.24) is 0 Å². The van der Waals surface area contributed by atoms with Crippen LogP contribution in [-0.2, 0) is 0 Å². The van der Waals surface area contributed by atoms with Crippen molar-refractivity contribution in [3.63, 3.8) is 0 Å². The van der Waals surface area contributed by atoms with E-state index in [0.29, 0.717) is 0 Å². The van der Waals surface area contributed by atoms with Crippen LogP contribution in [0.3, 0.4) is 0 Å². The van der Waals surface area contributed by atoms with E-state index >= 15 is 0 Å². The van der Waals surface area contributed by atoms with E-state index in [4.69, 9.17) is 4.42 Å². The summed E-state index contributed by atoms with van der Waals surface area (Å²) in [7, 11) is 0. The molecule has 2 heteroatoms. The molecule has 8 heavy (non-hydrogen) atoms. The molecule has 1 heterocycles. The van der Waals surface area contributed by atoms with Gasteiger partial charge >= 0.3 is 55.2 Å². The van der Waals surface area contributed by atoms with Crippen molar-refractivity contribution in [3.05, 3.63) is 17.9 Å².